The average Bonchev–Trinajstić information content (AvgIpc) is 1.99. The molecule has 1 unspecified atom stereocenters. The fraction of sp³-hybridized carbons (Fsp3) is 1.00. The summed E-state index contributed by atoms with van der Waals surface area (Å²) < 4.78 is 26.9. The first-order valence-corrected chi connectivity index (χ1v) is 5.12. The van der Waals surface area contributed by atoms with Gasteiger partial charge in [-0.25, -0.2) is 8.78 Å². The topological polar surface area (TPSA) is 95.9 Å². The predicted molar refractivity (Wildman–Crippen MR) is 61.6 cm³/mol. The standard InChI is InChI=1S/C6H14O2.C3H8BF2NO2/c1-5(2,7)6(3,4)8;5-2(6)1-3(7)9-4-8/h7-8H,1-4H3;2-4,8H,1,7H2. The maximum absolute atomic E-state index is 11.4. The van der Waals surface area contributed by atoms with Crippen molar-refractivity contribution in [2.75, 3.05) is 0 Å². The van der Waals surface area contributed by atoms with Crippen molar-refractivity contribution in [1.29, 1.82) is 0 Å². The molecule has 1 atom stereocenters. The van der Waals surface area contributed by atoms with Gasteiger partial charge in [-0.3, -0.25) is 0 Å². The van der Waals surface area contributed by atoms with Gasteiger partial charge in [0.2, 0.25) is 6.43 Å². The fourth-order valence-corrected chi connectivity index (χ4v) is 0.339. The van der Waals surface area contributed by atoms with Crippen LogP contribution in [0.5, 0.6) is 0 Å². The third kappa shape index (κ3) is 12.0. The van der Waals surface area contributed by atoms with Gasteiger partial charge in [0.15, 0.2) is 0 Å². The van der Waals surface area contributed by atoms with E-state index in [-0.39, 0.29) is 0 Å². The highest BCUT2D eigenvalue weighted by molar-refractivity contribution is 6.15. The van der Waals surface area contributed by atoms with Crippen molar-refractivity contribution in [2.24, 2.45) is 5.73 Å². The first-order chi connectivity index (χ1) is 7.41. The lowest BCUT2D eigenvalue weighted by Crippen LogP contribution is -2.44. The highest BCUT2D eigenvalue weighted by atomic mass is 19.3. The van der Waals surface area contributed by atoms with E-state index < -0.39 is 38.0 Å². The van der Waals surface area contributed by atoms with Crippen LogP contribution in [0.3, 0.4) is 0 Å². The molecule has 5 nitrogen and oxygen atoms in total. The van der Waals surface area contributed by atoms with Gasteiger partial charge < -0.3 is 25.6 Å². The summed E-state index contributed by atoms with van der Waals surface area (Å²) in [6, 6.07) is 0. The van der Waals surface area contributed by atoms with Gasteiger partial charge in [0.25, 0.3) is 0 Å². The Kier molecular flexibility index (Phi) is 8.91. The quantitative estimate of drug-likeness (QED) is 0.401. The van der Waals surface area contributed by atoms with E-state index in [1.54, 1.807) is 27.7 Å². The minimum absolute atomic E-state index is 0.541. The molecule has 0 saturated carbocycles. The van der Waals surface area contributed by atoms with Gasteiger partial charge in [-0.2, -0.15) is 0 Å². The minimum Gasteiger partial charge on any atom is -0.430 e. The molecule has 0 aromatic rings. The molecule has 0 aromatic heterocycles. The molecule has 0 aliphatic heterocycles. The molecule has 17 heavy (non-hydrogen) atoms. The maximum Gasteiger partial charge on any atom is 0.436 e. The highest BCUT2D eigenvalue weighted by Crippen LogP contribution is 2.19. The van der Waals surface area contributed by atoms with E-state index in [9.17, 15) is 8.78 Å². The number of hydrogen-bond acceptors (Lipinski definition) is 5. The summed E-state index contributed by atoms with van der Waals surface area (Å²) in [7, 11) is -0.617. The van der Waals surface area contributed by atoms with Gasteiger partial charge in [-0.05, 0) is 27.7 Å². The molecule has 0 aromatic carbocycles. The van der Waals surface area contributed by atoms with Crippen LogP contribution in [0.2, 0.25) is 0 Å². The molecule has 0 spiro atoms. The van der Waals surface area contributed by atoms with Gasteiger partial charge >= 0.3 is 7.69 Å². The summed E-state index contributed by atoms with van der Waals surface area (Å²) in [5.74, 6) is 0. The normalized spacial score (nSPS) is 14.1. The number of rotatable bonds is 5. The van der Waals surface area contributed by atoms with Gasteiger partial charge in [-0.1, -0.05) is 0 Å². The van der Waals surface area contributed by atoms with Crippen molar-refractivity contribution < 1.29 is 28.7 Å². The van der Waals surface area contributed by atoms with Gasteiger partial charge in [0.1, 0.15) is 0 Å². The van der Waals surface area contributed by atoms with E-state index in [2.05, 4.69) is 4.65 Å². The lowest BCUT2D eigenvalue weighted by atomic mass is 9.90. The zero-order valence-electron chi connectivity index (χ0n) is 10.7. The van der Waals surface area contributed by atoms with Crippen molar-refractivity contribution in [3.63, 3.8) is 0 Å². The Hall–Kier alpha value is -0.275. The highest BCUT2D eigenvalue weighted by Gasteiger charge is 2.31. The number of alkyl halides is 2. The molecule has 0 fully saturated rings. The van der Waals surface area contributed by atoms with Crippen molar-refractivity contribution in [3.05, 3.63) is 0 Å². The Morgan fingerprint density at radius 1 is 1.18 bits per heavy atom. The van der Waals surface area contributed by atoms with Crippen LogP contribution in [-0.2, 0) is 4.65 Å². The van der Waals surface area contributed by atoms with Crippen LogP contribution in [0.4, 0.5) is 8.78 Å². The summed E-state index contributed by atoms with van der Waals surface area (Å²) in [5, 5.41) is 26.2. The Bertz CT molecular complexity index is 182. The van der Waals surface area contributed by atoms with Gasteiger partial charge in [-0.15, -0.1) is 0 Å². The molecule has 104 valence electrons. The third-order valence-electron chi connectivity index (χ3n) is 2.20. The van der Waals surface area contributed by atoms with Crippen LogP contribution < -0.4 is 5.73 Å². The Morgan fingerprint density at radius 3 is 1.71 bits per heavy atom. The summed E-state index contributed by atoms with van der Waals surface area (Å²) in [6.07, 6.45) is -4.08. The van der Waals surface area contributed by atoms with E-state index in [0.29, 0.717) is 0 Å². The molecule has 0 radical (unpaired) electrons. The first-order valence-electron chi connectivity index (χ1n) is 5.12. The van der Waals surface area contributed by atoms with Crippen LogP contribution in [0, 0.1) is 0 Å². The van der Waals surface area contributed by atoms with E-state index >= 15 is 0 Å². The largest absolute Gasteiger partial charge is 0.436 e. The first kappa shape index (κ1) is 19.1. The number of aliphatic hydroxyl groups is 2. The van der Waals surface area contributed by atoms with Crippen LogP contribution in [0.1, 0.15) is 34.1 Å². The van der Waals surface area contributed by atoms with Crippen molar-refractivity contribution in [3.8, 4) is 0 Å². The van der Waals surface area contributed by atoms with Crippen LogP contribution in [-0.4, -0.2) is 46.8 Å². The van der Waals surface area contributed by atoms with Crippen LogP contribution in [0.25, 0.3) is 0 Å². The third-order valence-corrected chi connectivity index (χ3v) is 2.20. The van der Waals surface area contributed by atoms with E-state index in [0.717, 1.165) is 0 Å². The summed E-state index contributed by atoms with van der Waals surface area (Å²) in [4.78, 5) is 0. The second kappa shape index (κ2) is 7.94. The van der Waals surface area contributed by atoms with E-state index in [1.165, 1.54) is 0 Å². The smallest absolute Gasteiger partial charge is 0.430 e. The molecular weight excluding hydrogens is 235 g/mol. The van der Waals surface area contributed by atoms with Crippen molar-refractivity contribution in [2.45, 2.75) is 58.0 Å². The molecule has 8 heteroatoms. The molecule has 0 heterocycles. The maximum atomic E-state index is 11.4. The van der Waals surface area contributed by atoms with E-state index in [1.807, 2.05) is 0 Å². The molecule has 0 aliphatic carbocycles. The second-order valence-electron chi connectivity index (χ2n) is 4.58. The molecule has 0 rings (SSSR count). The van der Waals surface area contributed by atoms with Crippen LogP contribution in [0.15, 0.2) is 0 Å². The zero-order chi connectivity index (χ0) is 14.3. The number of halogens is 2. The summed E-state index contributed by atoms with van der Waals surface area (Å²) in [6.45, 7) is 6.31. The molecular formula is C9H22BF2NO4. The molecule has 0 amide bonds. The lowest BCUT2D eigenvalue weighted by molar-refractivity contribution is -0.107. The van der Waals surface area contributed by atoms with Gasteiger partial charge in [0.05, 0.1) is 17.4 Å². The van der Waals surface area contributed by atoms with Crippen molar-refractivity contribution >= 4 is 7.69 Å². The fourth-order valence-electron chi connectivity index (χ4n) is 0.339. The minimum atomic E-state index is -2.48. The Balaban J connectivity index is 0. The molecule has 5 N–H and O–H groups in total. The van der Waals surface area contributed by atoms with E-state index in [4.69, 9.17) is 21.0 Å². The Labute approximate surface area is 101 Å². The SMILES string of the molecule is CC(C)(O)C(C)(C)O.NC(CC(F)F)OBO. The molecule has 0 bridgehead atoms. The van der Waals surface area contributed by atoms with Gasteiger partial charge in [0, 0.05) is 6.42 Å². The number of hydrogen-bond donors (Lipinski definition) is 4. The molecule has 0 aliphatic rings. The monoisotopic (exact) mass is 257 g/mol. The van der Waals surface area contributed by atoms with Crippen molar-refractivity contribution in [1.82, 2.24) is 0 Å². The van der Waals surface area contributed by atoms with Crippen LogP contribution >= 0.6 is 0 Å². The zero-order valence-corrected chi connectivity index (χ0v) is 10.7. The lowest BCUT2D eigenvalue weighted by Gasteiger charge is -2.31. The predicted octanol–water partition coefficient (Wildman–Crippen LogP) is -0.270. The summed E-state index contributed by atoms with van der Waals surface area (Å²) in [5.41, 5.74) is 2.91. The average molecular weight is 257 g/mol. The summed E-state index contributed by atoms with van der Waals surface area (Å²) >= 11 is 0. The number of nitrogens with two attached hydrogens (primary N) is 1. The molecule has 0 saturated heterocycles. The Morgan fingerprint density at radius 2 is 1.53 bits per heavy atom. The second-order valence-corrected chi connectivity index (χ2v) is 4.58.